The second-order valence-corrected chi connectivity index (χ2v) is 6.63. The largest absolute Gasteiger partial charge is 0.381 e. The molecule has 1 aromatic carbocycles. The van der Waals surface area contributed by atoms with Crippen LogP contribution in [0, 0.1) is 17.0 Å². The molecule has 1 amide bonds. The van der Waals surface area contributed by atoms with Gasteiger partial charge in [0.25, 0.3) is 0 Å². The molecule has 26 heavy (non-hydrogen) atoms. The Bertz CT molecular complexity index is 770. The van der Waals surface area contributed by atoms with E-state index in [1.54, 1.807) is 6.07 Å². The summed E-state index contributed by atoms with van der Waals surface area (Å²) in [5.74, 6) is -0.874. The zero-order valence-corrected chi connectivity index (χ0v) is 14.7. The first-order chi connectivity index (χ1) is 12.5. The van der Waals surface area contributed by atoms with Crippen LogP contribution in [0.5, 0.6) is 0 Å². The molecule has 140 valence electrons. The van der Waals surface area contributed by atoms with E-state index >= 15 is 0 Å². The van der Waals surface area contributed by atoms with E-state index in [1.807, 2.05) is 6.92 Å². The Labute approximate surface area is 150 Å². The van der Waals surface area contributed by atoms with Crippen molar-refractivity contribution >= 4 is 5.91 Å². The van der Waals surface area contributed by atoms with Gasteiger partial charge in [-0.2, -0.15) is 0 Å². The summed E-state index contributed by atoms with van der Waals surface area (Å²) in [6.45, 7) is 3.63. The standard InChI is InChI=1S/C19H22F2N2O3/c1-2-7-22-18(24)19(5-8-25-9-6-19)12-14-11-17(23-26-14)15-4-3-13(20)10-16(15)21/h3-4,10-11H,2,5-9,12H2,1H3,(H,22,24). The molecule has 7 heteroatoms. The predicted octanol–water partition coefficient (Wildman–Crippen LogP) is 3.49. The second-order valence-electron chi connectivity index (χ2n) is 6.63. The van der Waals surface area contributed by atoms with Crippen LogP contribution in [0.25, 0.3) is 11.3 Å². The number of ether oxygens (including phenoxy) is 1. The van der Waals surface area contributed by atoms with Gasteiger partial charge in [0, 0.05) is 43.9 Å². The van der Waals surface area contributed by atoms with Gasteiger partial charge in [-0.05, 0) is 31.4 Å². The van der Waals surface area contributed by atoms with E-state index in [9.17, 15) is 13.6 Å². The minimum atomic E-state index is -0.702. The van der Waals surface area contributed by atoms with Gasteiger partial charge in [-0.25, -0.2) is 8.78 Å². The Morgan fingerprint density at radius 1 is 1.27 bits per heavy atom. The summed E-state index contributed by atoms with van der Waals surface area (Å²) in [6.07, 6.45) is 2.39. The third-order valence-corrected chi connectivity index (χ3v) is 4.75. The molecule has 1 aromatic heterocycles. The fourth-order valence-electron chi connectivity index (χ4n) is 3.23. The minimum Gasteiger partial charge on any atom is -0.381 e. The first-order valence-corrected chi connectivity index (χ1v) is 8.81. The van der Waals surface area contributed by atoms with Gasteiger partial charge < -0.3 is 14.6 Å². The monoisotopic (exact) mass is 364 g/mol. The predicted molar refractivity (Wildman–Crippen MR) is 91.3 cm³/mol. The van der Waals surface area contributed by atoms with Crippen molar-refractivity contribution in [2.75, 3.05) is 19.8 Å². The van der Waals surface area contributed by atoms with E-state index in [0.717, 1.165) is 12.5 Å². The van der Waals surface area contributed by atoms with Crippen molar-refractivity contribution in [2.24, 2.45) is 5.41 Å². The maximum atomic E-state index is 13.9. The molecule has 0 aliphatic carbocycles. The Balaban J connectivity index is 1.81. The van der Waals surface area contributed by atoms with E-state index < -0.39 is 17.0 Å². The highest BCUT2D eigenvalue weighted by Crippen LogP contribution is 2.36. The van der Waals surface area contributed by atoms with Crippen LogP contribution < -0.4 is 5.32 Å². The fraction of sp³-hybridized carbons (Fsp3) is 0.474. The summed E-state index contributed by atoms with van der Waals surface area (Å²) in [6, 6.07) is 4.91. The van der Waals surface area contributed by atoms with Gasteiger partial charge in [-0.1, -0.05) is 12.1 Å². The first-order valence-electron chi connectivity index (χ1n) is 8.81. The number of nitrogens with one attached hydrogen (secondary N) is 1. The molecular weight excluding hydrogens is 342 g/mol. The highest BCUT2D eigenvalue weighted by atomic mass is 19.1. The van der Waals surface area contributed by atoms with Crippen molar-refractivity contribution in [1.82, 2.24) is 10.5 Å². The molecule has 1 aliphatic heterocycles. The zero-order chi connectivity index (χ0) is 18.6. The van der Waals surface area contributed by atoms with Crippen LogP contribution in [0.2, 0.25) is 0 Å². The summed E-state index contributed by atoms with van der Waals surface area (Å²) < 4.78 is 37.8. The summed E-state index contributed by atoms with van der Waals surface area (Å²) in [7, 11) is 0. The number of amides is 1. The Hall–Kier alpha value is -2.28. The maximum absolute atomic E-state index is 13.9. The second kappa shape index (κ2) is 7.95. The molecule has 1 N–H and O–H groups in total. The smallest absolute Gasteiger partial charge is 0.226 e. The van der Waals surface area contributed by atoms with Crippen LogP contribution in [-0.4, -0.2) is 30.8 Å². The molecule has 5 nitrogen and oxygen atoms in total. The number of carbonyl (C=O) groups is 1. The maximum Gasteiger partial charge on any atom is 0.226 e. The average Bonchev–Trinajstić information content (AvgIpc) is 3.08. The van der Waals surface area contributed by atoms with Gasteiger partial charge in [0.2, 0.25) is 5.91 Å². The molecule has 0 unspecified atom stereocenters. The number of hydrogen-bond donors (Lipinski definition) is 1. The zero-order valence-electron chi connectivity index (χ0n) is 14.7. The molecule has 2 heterocycles. The molecule has 0 atom stereocenters. The molecule has 0 saturated carbocycles. The molecule has 1 saturated heterocycles. The third kappa shape index (κ3) is 3.93. The summed E-state index contributed by atoms with van der Waals surface area (Å²) in [5.41, 5.74) is -0.169. The van der Waals surface area contributed by atoms with E-state index in [2.05, 4.69) is 10.5 Å². The van der Waals surface area contributed by atoms with Gasteiger partial charge in [0.1, 0.15) is 23.1 Å². The molecular formula is C19H22F2N2O3. The van der Waals surface area contributed by atoms with Gasteiger partial charge in [-0.15, -0.1) is 0 Å². The Morgan fingerprint density at radius 3 is 2.73 bits per heavy atom. The van der Waals surface area contributed by atoms with Crippen molar-refractivity contribution in [3.8, 4) is 11.3 Å². The summed E-state index contributed by atoms with van der Waals surface area (Å²) in [5, 5.41) is 6.85. The Kier molecular flexibility index (Phi) is 5.66. The number of carbonyl (C=O) groups excluding carboxylic acids is 1. The fourth-order valence-corrected chi connectivity index (χ4v) is 3.23. The van der Waals surface area contributed by atoms with Gasteiger partial charge in [0.05, 0.1) is 5.41 Å². The van der Waals surface area contributed by atoms with Crippen LogP contribution in [0.1, 0.15) is 31.9 Å². The summed E-state index contributed by atoms with van der Waals surface area (Å²) in [4.78, 5) is 12.7. The number of rotatable bonds is 6. The lowest BCUT2D eigenvalue weighted by molar-refractivity contribution is -0.137. The number of halogens is 2. The van der Waals surface area contributed by atoms with Gasteiger partial charge >= 0.3 is 0 Å². The van der Waals surface area contributed by atoms with Crippen LogP contribution in [0.15, 0.2) is 28.8 Å². The van der Waals surface area contributed by atoms with Crippen molar-refractivity contribution in [3.63, 3.8) is 0 Å². The number of benzene rings is 1. The highest BCUT2D eigenvalue weighted by Gasteiger charge is 2.41. The van der Waals surface area contributed by atoms with Crippen LogP contribution in [-0.2, 0) is 16.0 Å². The van der Waals surface area contributed by atoms with E-state index in [1.165, 1.54) is 12.1 Å². The molecule has 1 fully saturated rings. The third-order valence-electron chi connectivity index (χ3n) is 4.75. The minimum absolute atomic E-state index is 0.0198. The summed E-state index contributed by atoms with van der Waals surface area (Å²) >= 11 is 0. The van der Waals surface area contributed by atoms with Crippen LogP contribution in [0.3, 0.4) is 0 Å². The van der Waals surface area contributed by atoms with Crippen molar-refractivity contribution in [2.45, 2.75) is 32.6 Å². The van der Waals surface area contributed by atoms with Crippen LogP contribution >= 0.6 is 0 Å². The quantitative estimate of drug-likeness (QED) is 0.852. The molecule has 2 aromatic rings. The average molecular weight is 364 g/mol. The number of aromatic nitrogens is 1. The lowest BCUT2D eigenvalue weighted by atomic mass is 9.75. The van der Waals surface area contributed by atoms with Crippen LogP contribution in [0.4, 0.5) is 8.78 Å². The Morgan fingerprint density at radius 2 is 2.04 bits per heavy atom. The van der Waals surface area contributed by atoms with Gasteiger partial charge in [-0.3, -0.25) is 4.79 Å². The van der Waals surface area contributed by atoms with E-state index in [0.29, 0.717) is 44.8 Å². The van der Waals surface area contributed by atoms with E-state index in [4.69, 9.17) is 9.26 Å². The highest BCUT2D eigenvalue weighted by molar-refractivity contribution is 5.83. The molecule has 0 spiro atoms. The first kappa shape index (κ1) is 18.5. The lowest BCUT2D eigenvalue weighted by Crippen LogP contribution is -2.46. The molecule has 0 bridgehead atoms. The SMILES string of the molecule is CCCNC(=O)C1(Cc2cc(-c3ccc(F)cc3F)no2)CCOCC1. The van der Waals surface area contributed by atoms with Crippen molar-refractivity contribution in [1.29, 1.82) is 0 Å². The van der Waals surface area contributed by atoms with E-state index in [-0.39, 0.29) is 17.2 Å². The lowest BCUT2D eigenvalue weighted by Gasteiger charge is -2.35. The topological polar surface area (TPSA) is 64.4 Å². The van der Waals surface area contributed by atoms with Crippen molar-refractivity contribution < 1.29 is 22.8 Å². The number of hydrogen-bond acceptors (Lipinski definition) is 4. The van der Waals surface area contributed by atoms with Gasteiger partial charge in [0.15, 0.2) is 0 Å². The normalized spacial score (nSPS) is 16.4. The molecule has 0 radical (unpaired) electrons. The molecule has 3 rings (SSSR count). The number of nitrogens with zero attached hydrogens (tertiary/aromatic N) is 1. The van der Waals surface area contributed by atoms with Crippen molar-refractivity contribution in [3.05, 3.63) is 41.7 Å². The molecule has 1 aliphatic rings.